The number of hydrogen-bond acceptors (Lipinski definition) is 3. The van der Waals surface area contributed by atoms with E-state index < -0.39 is 0 Å². The van der Waals surface area contributed by atoms with E-state index in [1.165, 1.54) is 2.78 Å². The minimum Gasteiger partial charge on any atom is -0.318 e. The van der Waals surface area contributed by atoms with Crippen molar-refractivity contribution in [2.75, 3.05) is 0 Å². The maximum Gasteiger partial charge on any atom is 0.290 e. The Bertz CT molecular complexity index is 527. The molecule has 5 nitrogen and oxygen atoms in total. The predicted octanol–water partition coefficient (Wildman–Crippen LogP) is 0.637. The van der Waals surface area contributed by atoms with E-state index in [0.29, 0.717) is 17.0 Å². The molecule has 2 heterocycles. The van der Waals surface area contributed by atoms with Crippen LogP contribution in [0.5, 0.6) is 0 Å². The summed E-state index contributed by atoms with van der Waals surface area (Å²) in [7, 11) is 1.82. The van der Waals surface area contributed by atoms with Crippen LogP contribution in [0.15, 0.2) is 11.1 Å². The van der Waals surface area contributed by atoms with E-state index in [0.717, 1.165) is 0 Å². The summed E-state index contributed by atoms with van der Waals surface area (Å²) < 4.78 is 3.20. The SMILES string of the molecule is Cc1nc2c(ncn2C)c(=O)n1I. The quantitative estimate of drug-likeness (QED) is 0.669. The van der Waals surface area contributed by atoms with Crippen LogP contribution < -0.4 is 5.56 Å². The minimum atomic E-state index is -0.108. The van der Waals surface area contributed by atoms with E-state index in [-0.39, 0.29) is 5.56 Å². The van der Waals surface area contributed by atoms with Gasteiger partial charge in [-0.3, -0.25) is 4.79 Å². The lowest BCUT2D eigenvalue weighted by atomic mass is 10.5. The average Bonchev–Trinajstić information content (AvgIpc) is 2.45. The van der Waals surface area contributed by atoms with E-state index in [1.807, 2.05) is 29.9 Å². The second-order valence-electron chi connectivity index (χ2n) is 2.77. The van der Waals surface area contributed by atoms with Crippen LogP contribution >= 0.6 is 22.9 Å². The molecular weight excluding hydrogens is 283 g/mol. The van der Waals surface area contributed by atoms with Crippen molar-refractivity contribution in [3.8, 4) is 0 Å². The number of nitrogens with zero attached hydrogens (tertiary/aromatic N) is 4. The van der Waals surface area contributed by atoms with E-state index in [4.69, 9.17) is 0 Å². The van der Waals surface area contributed by atoms with Crippen LogP contribution in [0.25, 0.3) is 11.2 Å². The van der Waals surface area contributed by atoms with Gasteiger partial charge in [-0.2, -0.15) is 0 Å². The third-order valence-corrected chi connectivity index (χ3v) is 2.97. The molecule has 0 N–H and O–H groups in total. The monoisotopic (exact) mass is 290 g/mol. The van der Waals surface area contributed by atoms with Gasteiger partial charge in [0.2, 0.25) is 0 Å². The molecule has 0 unspecified atom stereocenters. The highest BCUT2D eigenvalue weighted by Gasteiger charge is 2.09. The summed E-state index contributed by atoms with van der Waals surface area (Å²) in [5.74, 6) is 0.682. The van der Waals surface area contributed by atoms with Crippen molar-refractivity contribution in [1.82, 2.24) is 17.3 Å². The Morgan fingerprint density at radius 1 is 1.54 bits per heavy atom. The molecule has 0 radical (unpaired) electrons. The van der Waals surface area contributed by atoms with Gasteiger partial charge in [-0.15, -0.1) is 0 Å². The van der Waals surface area contributed by atoms with Crippen molar-refractivity contribution in [2.45, 2.75) is 6.92 Å². The number of aryl methyl sites for hydroxylation is 2. The summed E-state index contributed by atoms with van der Waals surface area (Å²) in [5.41, 5.74) is 0.946. The van der Waals surface area contributed by atoms with Gasteiger partial charge >= 0.3 is 0 Å². The van der Waals surface area contributed by atoms with E-state index in [9.17, 15) is 4.79 Å². The van der Waals surface area contributed by atoms with Gasteiger partial charge in [0.1, 0.15) is 5.82 Å². The van der Waals surface area contributed by atoms with Crippen LogP contribution in [0.1, 0.15) is 5.82 Å². The summed E-state index contributed by atoms with van der Waals surface area (Å²) in [5, 5.41) is 0. The fourth-order valence-corrected chi connectivity index (χ4v) is 1.48. The molecule has 13 heavy (non-hydrogen) atoms. The highest BCUT2D eigenvalue weighted by atomic mass is 127. The minimum absolute atomic E-state index is 0.108. The zero-order valence-electron chi connectivity index (χ0n) is 7.15. The summed E-state index contributed by atoms with van der Waals surface area (Å²) >= 11 is 1.92. The zero-order valence-corrected chi connectivity index (χ0v) is 9.31. The van der Waals surface area contributed by atoms with Gasteiger partial charge in [0.25, 0.3) is 5.56 Å². The molecule has 0 atom stereocenters. The Morgan fingerprint density at radius 2 is 2.23 bits per heavy atom. The molecule has 0 aliphatic rings. The molecule has 0 saturated carbocycles. The topological polar surface area (TPSA) is 52.7 Å². The maximum absolute atomic E-state index is 11.6. The first-order chi connectivity index (χ1) is 6.11. The van der Waals surface area contributed by atoms with Gasteiger partial charge in [-0.05, 0) is 6.92 Å². The van der Waals surface area contributed by atoms with Crippen molar-refractivity contribution < 1.29 is 0 Å². The third kappa shape index (κ3) is 1.16. The number of hydrogen-bond donors (Lipinski definition) is 0. The van der Waals surface area contributed by atoms with Crippen molar-refractivity contribution in [3.63, 3.8) is 0 Å². The molecule has 0 amide bonds. The van der Waals surface area contributed by atoms with Crippen molar-refractivity contribution >= 4 is 34.0 Å². The second-order valence-corrected chi connectivity index (χ2v) is 3.74. The maximum atomic E-state index is 11.6. The second kappa shape index (κ2) is 2.79. The fourth-order valence-electron chi connectivity index (χ4n) is 1.14. The van der Waals surface area contributed by atoms with Gasteiger partial charge in [0.15, 0.2) is 11.2 Å². The average molecular weight is 290 g/mol. The van der Waals surface area contributed by atoms with Crippen LogP contribution in [0.3, 0.4) is 0 Å². The predicted molar refractivity (Wildman–Crippen MR) is 56.9 cm³/mol. The summed E-state index contributed by atoms with van der Waals surface area (Å²) in [6.07, 6.45) is 1.59. The molecule has 2 aromatic heterocycles. The number of imidazole rings is 1. The number of halogens is 1. The van der Waals surface area contributed by atoms with Crippen molar-refractivity contribution in [1.29, 1.82) is 0 Å². The first-order valence-corrected chi connectivity index (χ1v) is 4.64. The van der Waals surface area contributed by atoms with Crippen LogP contribution in [-0.4, -0.2) is 17.3 Å². The van der Waals surface area contributed by atoms with Crippen LogP contribution in [0, 0.1) is 6.92 Å². The highest BCUT2D eigenvalue weighted by molar-refractivity contribution is 14.1. The third-order valence-electron chi connectivity index (χ3n) is 1.84. The summed E-state index contributed by atoms with van der Waals surface area (Å²) in [6.45, 7) is 1.79. The molecule has 2 rings (SSSR count). The molecule has 0 aromatic carbocycles. The zero-order chi connectivity index (χ0) is 9.59. The molecule has 0 fully saturated rings. The van der Waals surface area contributed by atoms with Crippen molar-refractivity contribution in [3.05, 3.63) is 22.5 Å². The molecule has 2 aromatic rings. The molecule has 0 saturated heterocycles. The standard InChI is InChI=1S/C7H7IN4O/c1-4-10-6-5(7(13)12(4)8)9-3-11(6)2/h3H,1-2H3. The summed E-state index contributed by atoms with van der Waals surface area (Å²) in [6, 6.07) is 0. The Kier molecular flexibility index (Phi) is 1.86. The number of rotatable bonds is 0. The summed E-state index contributed by atoms with van der Waals surface area (Å²) in [4.78, 5) is 19.8. The lowest BCUT2D eigenvalue weighted by molar-refractivity contribution is 0.915. The van der Waals surface area contributed by atoms with Gasteiger partial charge in [0, 0.05) is 7.05 Å². The first-order valence-electron chi connectivity index (χ1n) is 3.68. The van der Waals surface area contributed by atoms with Crippen LogP contribution in [-0.2, 0) is 7.05 Å². The first kappa shape index (κ1) is 8.67. The molecule has 0 bridgehead atoms. The van der Waals surface area contributed by atoms with E-state index >= 15 is 0 Å². The van der Waals surface area contributed by atoms with Crippen LogP contribution in [0.4, 0.5) is 0 Å². The lowest BCUT2D eigenvalue weighted by Gasteiger charge is -1.99. The molecule has 68 valence electrons. The Hall–Kier alpha value is -0.920. The Morgan fingerprint density at radius 3 is 2.92 bits per heavy atom. The van der Waals surface area contributed by atoms with Gasteiger partial charge < -0.3 is 4.57 Å². The highest BCUT2D eigenvalue weighted by Crippen LogP contribution is 2.06. The number of fused-ring (bicyclic) bond motifs is 1. The lowest BCUT2D eigenvalue weighted by Crippen LogP contribution is -2.16. The van der Waals surface area contributed by atoms with Gasteiger partial charge in [0.05, 0.1) is 29.2 Å². The van der Waals surface area contributed by atoms with Crippen LogP contribution in [0.2, 0.25) is 0 Å². The molecular formula is C7H7IN4O. The molecule has 0 aliphatic heterocycles. The molecule has 6 heteroatoms. The Balaban J connectivity index is 3.05. The molecule has 0 spiro atoms. The van der Waals surface area contributed by atoms with Gasteiger partial charge in [-0.25, -0.2) is 12.7 Å². The fraction of sp³-hybridized carbons (Fsp3) is 0.286. The van der Waals surface area contributed by atoms with Crippen molar-refractivity contribution in [2.24, 2.45) is 7.05 Å². The largest absolute Gasteiger partial charge is 0.318 e. The smallest absolute Gasteiger partial charge is 0.290 e. The van der Waals surface area contributed by atoms with E-state index in [2.05, 4.69) is 9.97 Å². The number of aromatic nitrogens is 4. The van der Waals surface area contributed by atoms with E-state index in [1.54, 1.807) is 17.8 Å². The van der Waals surface area contributed by atoms with Gasteiger partial charge in [-0.1, -0.05) is 0 Å². The molecule has 0 aliphatic carbocycles. The normalized spacial score (nSPS) is 11.0. The Labute approximate surface area is 87.9 Å².